The molecule has 1 atom stereocenters. The van der Waals surface area contributed by atoms with Gasteiger partial charge in [-0.2, -0.15) is 5.10 Å². The highest BCUT2D eigenvalue weighted by Crippen LogP contribution is 2.34. The minimum Gasteiger partial charge on any atom is -0.505 e. The first-order valence-electron chi connectivity index (χ1n) is 11.1. The molecule has 3 heterocycles. The number of aromatic amines is 2. The fourth-order valence-electron chi connectivity index (χ4n) is 4.51. The van der Waals surface area contributed by atoms with Gasteiger partial charge in [0, 0.05) is 38.0 Å². The summed E-state index contributed by atoms with van der Waals surface area (Å²) in [7, 11) is 0. The number of nitrogens with zero attached hydrogens (tertiary/aromatic N) is 3. The minimum absolute atomic E-state index is 0.0232. The van der Waals surface area contributed by atoms with E-state index < -0.39 is 12.0 Å². The summed E-state index contributed by atoms with van der Waals surface area (Å²) in [4.78, 5) is 10.1. The van der Waals surface area contributed by atoms with Crippen LogP contribution in [0.15, 0.2) is 30.3 Å². The van der Waals surface area contributed by atoms with Crippen LogP contribution in [-0.2, 0) is 19.4 Å². The molecular weight excluding hydrogens is 426 g/mol. The van der Waals surface area contributed by atoms with E-state index in [2.05, 4.69) is 15.2 Å². The first-order valence-corrected chi connectivity index (χ1v) is 11.1. The molecule has 1 aliphatic rings. The average Bonchev–Trinajstić information content (AvgIpc) is 3.43. The van der Waals surface area contributed by atoms with Crippen molar-refractivity contribution < 1.29 is 13.9 Å². The zero-order valence-electron chi connectivity index (χ0n) is 18.3. The van der Waals surface area contributed by atoms with E-state index in [9.17, 15) is 13.9 Å². The number of aromatic nitrogens is 4. The van der Waals surface area contributed by atoms with Crippen LogP contribution in [0.3, 0.4) is 0 Å². The van der Waals surface area contributed by atoms with Gasteiger partial charge in [0.25, 0.3) is 0 Å². The predicted octanol–water partition coefficient (Wildman–Crippen LogP) is 3.68. The molecule has 0 radical (unpaired) electrons. The fourth-order valence-corrected chi connectivity index (χ4v) is 4.51. The monoisotopic (exact) mass is 452 g/mol. The average molecular weight is 453 g/mol. The van der Waals surface area contributed by atoms with E-state index in [1.807, 2.05) is 30.0 Å². The van der Waals surface area contributed by atoms with Crippen molar-refractivity contribution in [2.24, 2.45) is 5.73 Å². The third-order valence-corrected chi connectivity index (χ3v) is 6.27. The molecule has 2 aromatic carbocycles. The maximum atomic E-state index is 14.0. The second-order valence-electron chi connectivity index (χ2n) is 8.48. The highest BCUT2D eigenvalue weighted by atomic mass is 19.1. The summed E-state index contributed by atoms with van der Waals surface area (Å²) in [6, 6.07) is 8.63. The molecule has 1 unspecified atom stereocenters. The Balaban J connectivity index is 1.46. The molecular formula is C24H26F2N6O. The topological polar surface area (TPSA) is 107 Å². The number of benzene rings is 2. The molecule has 1 aliphatic heterocycles. The third-order valence-electron chi connectivity index (χ3n) is 6.27. The van der Waals surface area contributed by atoms with Crippen LogP contribution in [0.2, 0.25) is 0 Å². The molecule has 172 valence electrons. The Labute approximate surface area is 189 Å². The zero-order valence-corrected chi connectivity index (χ0v) is 18.3. The summed E-state index contributed by atoms with van der Waals surface area (Å²) >= 11 is 0. The van der Waals surface area contributed by atoms with Crippen molar-refractivity contribution in [3.05, 3.63) is 53.1 Å². The molecule has 9 heteroatoms. The van der Waals surface area contributed by atoms with Crippen molar-refractivity contribution in [1.82, 2.24) is 25.1 Å². The summed E-state index contributed by atoms with van der Waals surface area (Å²) in [5.41, 5.74) is 11.3. The Morgan fingerprint density at radius 1 is 1.27 bits per heavy atom. The number of H-pyrrole nitrogens is 2. The molecule has 0 aliphatic carbocycles. The summed E-state index contributed by atoms with van der Waals surface area (Å²) in [5.74, 6) is -0.319. The molecule has 0 bridgehead atoms. The van der Waals surface area contributed by atoms with Gasteiger partial charge in [-0.15, -0.1) is 0 Å². The first kappa shape index (κ1) is 21.5. The number of hydrogen-bond donors (Lipinski definition) is 4. The van der Waals surface area contributed by atoms with Crippen LogP contribution in [0.1, 0.15) is 23.9 Å². The molecule has 7 nitrogen and oxygen atoms in total. The number of halogens is 2. The van der Waals surface area contributed by atoms with Crippen LogP contribution in [-0.4, -0.2) is 56.0 Å². The van der Waals surface area contributed by atoms with Gasteiger partial charge in [-0.25, -0.2) is 13.8 Å². The van der Waals surface area contributed by atoms with E-state index in [0.717, 1.165) is 51.9 Å². The maximum absolute atomic E-state index is 14.0. The van der Waals surface area contributed by atoms with Crippen LogP contribution < -0.4 is 5.73 Å². The van der Waals surface area contributed by atoms with Crippen LogP contribution in [0.25, 0.3) is 33.5 Å². The molecule has 0 amide bonds. The lowest BCUT2D eigenvalue weighted by Crippen LogP contribution is -2.37. The standard InChI is InChI=1S/C24H26F2N6O/c1-2-13-8-22(33)18(26)9-17(13)14-3-4-16-20(7-14)30-31-23(16)24-28-19-5-6-32(11-15(25)10-27)12-21(19)29-24/h3-4,7-9,15,33H,2,5-6,10-12,27H2,1H3,(H,28,29)(H,30,31). The Morgan fingerprint density at radius 2 is 2.12 bits per heavy atom. The first-order chi connectivity index (χ1) is 16.0. The molecule has 5 rings (SSSR count). The number of aromatic hydroxyl groups is 1. The number of hydrogen-bond acceptors (Lipinski definition) is 5. The number of nitrogens with one attached hydrogen (secondary N) is 2. The lowest BCUT2D eigenvalue weighted by atomic mass is 9.96. The third kappa shape index (κ3) is 3.98. The number of nitrogens with two attached hydrogens (primary N) is 1. The molecule has 5 N–H and O–H groups in total. The van der Waals surface area contributed by atoms with Crippen molar-refractivity contribution in [3.8, 4) is 28.4 Å². The molecule has 4 aromatic rings. The SMILES string of the molecule is CCc1cc(O)c(F)cc1-c1ccc2c(-c3nc4c([nH]3)CN(CC(F)CN)CC4)n[nH]c2c1. The Bertz CT molecular complexity index is 1310. The van der Waals surface area contributed by atoms with E-state index in [-0.39, 0.29) is 12.3 Å². The van der Waals surface area contributed by atoms with E-state index in [1.54, 1.807) is 0 Å². The van der Waals surface area contributed by atoms with E-state index in [0.29, 0.717) is 31.0 Å². The molecule has 33 heavy (non-hydrogen) atoms. The van der Waals surface area contributed by atoms with Crippen LogP contribution in [0.4, 0.5) is 8.78 Å². The van der Waals surface area contributed by atoms with Gasteiger partial charge in [-0.1, -0.05) is 13.0 Å². The summed E-state index contributed by atoms with van der Waals surface area (Å²) < 4.78 is 27.7. The van der Waals surface area contributed by atoms with Gasteiger partial charge in [0.05, 0.1) is 16.9 Å². The molecule has 0 saturated heterocycles. The van der Waals surface area contributed by atoms with E-state index in [4.69, 9.17) is 10.7 Å². The normalized spacial score (nSPS) is 15.2. The molecule has 0 saturated carbocycles. The lowest BCUT2D eigenvalue weighted by molar-refractivity contribution is 0.180. The largest absolute Gasteiger partial charge is 0.505 e. The summed E-state index contributed by atoms with van der Waals surface area (Å²) in [6.45, 7) is 3.64. The highest BCUT2D eigenvalue weighted by Gasteiger charge is 2.24. The number of alkyl halides is 1. The maximum Gasteiger partial charge on any atom is 0.165 e. The van der Waals surface area contributed by atoms with Gasteiger partial charge < -0.3 is 15.8 Å². The van der Waals surface area contributed by atoms with Gasteiger partial charge in [0.2, 0.25) is 0 Å². The Hall–Kier alpha value is -3.30. The van der Waals surface area contributed by atoms with E-state index >= 15 is 0 Å². The number of aryl methyl sites for hydroxylation is 1. The van der Waals surface area contributed by atoms with Crippen molar-refractivity contribution in [1.29, 1.82) is 0 Å². The minimum atomic E-state index is -1.03. The van der Waals surface area contributed by atoms with Crippen LogP contribution >= 0.6 is 0 Å². The second kappa shape index (κ2) is 8.57. The number of fused-ring (bicyclic) bond motifs is 2. The Morgan fingerprint density at radius 3 is 2.91 bits per heavy atom. The van der Waals surface area contributed by atoms with Gasteiger partial charge in [-0.05, 0) is 47.4 Å². The van der Waals surface area contributed by atoms with Crippen LogP contribution in [0.5, 0.6) is 5.75 Å². The van der Waals surface area contributed by atoms with Crippen molar-refractivity contribution in [2.45, 2.75) is 32.5 Å². The highest BCUT2D eigenvalue weighted by molar-refractivity contribution is 5.94. The molecule has 0 spiro atoms. The number of rotatable bonds is 6. The lowest BCUT2D eigenvalue weighted by Gasteiger charge is -2.26. The second-order valence-corrected chi connectivity index (χ2v) is 8.48. The number of phenols is 1. The van der Waals surface area contributed by atoms with Gasteiger partial charge in [0.1, 0.15) is 11.9 Å². The molecule has 2 aromatic heterocycles. The van der Waals surface area contributed by atoms with Crippen molar-refractivity contribution in [3.63, 3.8) is 0 Å². The van der Waals surface area contributed by atoms with E-state index in [1.165, 1.54) is 12.1 Å². The quantitative estimate of drug-likeness (QED) is 0.357. The van der Waals surface area contributed by atoms with Crippen molar-refractivity contribution >= 4 is 10.9 Å². The summed E-state index contributed by atoms with van der Waals surface area (Å²) in [5, 5.41) is 18.1. The smallest absolute Gasteiger partial charge is 0.165 e. The predicted molar refractivity (Wildman–Crippen MR) is 123 cm³/mol. The van der Waals surface area contributed by atoms with Gasteiger partial charge >= 0.3 is 0 Å². The zero-order chi connectivity index (χ0) is 23.1. The number of phenolic OH excluding ortho intramolecular Hbond substituents is 1. The summed E-state index contributed by atoms with van der Waals surface area (Å²) in [6.07, 6.45) is 0.370. The molecule has 0 fully saturated rings. The van der Waals surface area contributed by atoms with Gasteiger partial charge in [-0.3, -0.25) is 10.00 Å². The van der Waals surface area contributed by atoms with Gasteiger partial charge in [0.15, 0.2) is 17.4 Å². The van der Waals surface area contributed by atoms with Crippen molar-refractivity contribution in [2.75, 3.05) is 19.6 Å². The van der Waals surface area contributed by atoms with Crippen LogP contribution in [0, 0.1) is 5.82 Å². The number of imidazole rings is 1. The Kier molecular flexibility index (Phi) is 5.59. The fraction of sp³-hybridized carbons (Fsp3) is 0.333.